The van der Waals surface area contributed by atoms with Crippen LogP contribution in [0.3, 0.4) is 0 Å². The van der Waals surface area contributed by atoms with Crippen molar-refractivity contribution in [3.8, 4) is 0 Å². The Labute approximate surface area is 157 Å². The van der Waals surface area contributed by atoms with Gasteiger partial charge in [0.1, 0.15) is 6.04 Å². The average molecular weight is 415 g/mol. The smallest absolute Gasteiger partial charge is 0.105 e. The normalized spacial score (nSPS) is 17.3. The van der Waals surface area contributed by atoms with Crippen LogP contribution in [0.15, 0.2) is 81.6 Å². The highest BCUT2D eigenvalue weighted by Gasteiger charge is 2.26. The van der Waals surface area contributed by atoms with Crippen LogP contribution in [0.25, 0.3) is 6.08 Å². The largest absolute Gasteiger partial charge is 0.298 e. The van der Waals surface area contributed by atoms with E-state index in [0.29, 0.717) is 0 Å². The quantitative estimate of drug-likeness (QED) is 0.543. The Morgan fingerprint density at radius 3 is 2.62 bits per heavy atom. The fraction of sp³-hybridized carbons (Fsp3) is 0.0526. The van der Waals surface area contributed by atoms with Gasteiger partial charge < -0.3 is 0 Å². The zero-order chi connectivity index (χ0) is 16.4. The monoisotopic (exact) mass is 414 g/mol. The predicted octanol–water partition coefficient (Wildman–Crippen LogP) is 6.24. The van der Waals surface area contributed by atoms with Crippen LogP contribution in [-0.2, 0) is 0 Å². The fourth-order valence-corrected chi connectivity index (χ4v) is 4.45. The van der Waals surface area contributed by atoms with E-state index in [2.05, 4.69) is 97.8 Å². The van der Waals surface area contributed by atoms with Crippen molar-refractivity contribution in [3.63, 3.8) is 0 Å². The molecule has 2 aromatic heterocycles. The first-order valence-electron chi connectivity index (χ1n) is 7.58. The van der Waals surface area contributed by atoms with E-state index in [-0.39, 0.29) is 6.04 Å². The maximum atomic E-state index is 3.57. The summed E-state index contributed by atoms with van der Waals surface area (Å²) < 4.78 is 1.08. The van der Waals surface area contributed by atoms with E-state index >= 15 is 0 Å². The Kier molecular flexibility index (Phi) is 4.56. The van der Waals surface area contributed by atoms with Crippen molar-refractivity contribution < 1.29 is 0 Å². The molecule has 0 fully saturated rings. The number of benzene rings is 1. The number of thiophene rings is 2. The van der Waals surface area contributed by atoms with Gasteiger partial charge in [0.15, 0.2) is 0 Å². The van der Waals surface area contributed by atoms with Crippen molar-refractivity contribution in [1.29, 1.82) is 0 Å². The lowest BCUT2D eigenvalue weighted by Gasteiger charge is -2.26. The number of anilines is 1. The van der Waals surface area contributed by atoms with Crippen molar-refractivity contribution in [2.45, 2.75) is 6.04 Å². The van der Waals surface area contributed by atoms with E-state index in [1.54, 1.807) is 22.7 Å². The zero-order valence-corrected chi connectivity index (χ0v) is 15.9. The van der Waals surface area contributed by atoms with Gasteiger partial charge in [-0.05, 0) is 59.3 Å². The summed E-state index contributed by atoms with van der Waals surface area (Å²) in [6.45, 7) is 0. The summed E-state index contributed by atoms with van der Waals surface area (Å²) in [4.78, 5) is 2.58. The molecule has 1 atom stereocenters. The molecule has 3 aromatic rings. The number of nitrogens with one attached hydrogen (secondary N) is 1. The van der Waals surface area contributed by atoms with Gasteiger partial charge in [-0.25, -0.2) is 0 Å². The minimum absolute atomic E-state index is 0.197. The molecule has 0 amide bonds. The van der Waals surface area contributed by atoms with Crippen LogP contribution in [0.1, 0.15) is 15.8 Å². The fourth-order valence-electron chi connectivity index (χ4n) is 2.66. The Hall–Kier alpha value is -1.82. The average Bonchev–Trinajstić information content (AvgIpc) is 3.33. The van der Waals surface area contributed by atoms with Crippen LogP contribution in [0.4, 0.5) is 5.69 Å². The highest BCUT2D eigenvalue weighted by molar-refractivity contribution is 9.10. The van der Waals surface area contributed by atoms with Gasteiger partial charge >= 0.3 is 0 Å². The molecule has 5 heteroatoms. The first kappa shape index (κ1) is 15.7. The molecule has 2 nitrogen and oxygen atoms in total. The van der Waals surface area contributed by atoms with Gasteiger partial charge in [-0.15, -0.1) is 22.7 Å². The molecule has 120 valence electrons. The summed E-state index contributed by atoms with van der Waals surface area (Å²) in [6, 6.07) is 17.0. The molecule has 0 spiro atoms. The molecule has 24 heavy (non-hydrogen) atoms. The highest BCUT2D eigenvalue weighted by atomic mass is 79.9. The van der Waals surface area contributed by atoms with Gasteiger partial charge in [0, 0.05) is 14.2 Å². The number of nitrogens with zero attached hydrogens (tertiary/aromatic N) is 1. The number of rotatable bonds is 4. The Balaban J connectivity index is 1.65. The van der Waals surface area contributed by atoms with Crippen LogP contribution in [0.2, 0.25) is 0 Å². The van der Waals surface area contributed by atoms with Crippen LogP contribution in [-0.4, -0.2) is 0 Å². The van der Waals surface area contributed by atoms with Gasteiger partial charge in [-0.2, -0.15) is 0 Å². The zero-order valence-electron chi connectivity index (χ0n) is 12.7. The highest BCUT2D eigenvalue weighted by Crippen LogP contribution is 2.35. The third-order valence-electron chi connectivity index (χ3n) is 3.76. The van der Waals surface area contributed by atoms with Gasteiger partial charge in [-0.3, -0.25) is 10.4 Å². The third-order valence-corrected chi connectivity index (χ3v) is 6.03. The summed E-state index contributed by atoms with van der Waals surface area (Å²) in [5.41, 5.74) is 5.78. The van der Waals surface area contributed by atoms with Gasteiger partial charge in [0.05, 0.1) is 11.4 Å². The number of hydrogen-bond acceptors (Lipinski definition) is 4. The number of halogens is 1. The van der Waals surface area contributed by atoms with Crippen LogP contribution < -0.4 is 10.4 Å². The molecule has 0 saturated carbocycles. The maximum absolute atomic E-state index is 3.57. The summed E-state index contributed by atoms with van der Waals surface area (Å²) in [5.74, 6) is 0. The molecule has 1 N–H and O–H groups in total. The minimum atomic E-state index is 0.197. The molecule has 0 bridgehead atoms. The van der Waals surface area contributed by atoms with Gasteiger partial charge in [0.25, 0.3) is 0 Å². The van der Waals surface area contributed by atoms with E-state index in [0.717, 1.165) is 15.9 Å². The molecule has 1 aliphatic heterocycles. The van der Waals surface area contributed by atoms with E-state index < -0.39 is 0 Å². The van der Waals surface area contributed by atoms with Gasteiger partial charge in [-0.1, -0.05) is 34.1 Å². The first-order valence-corrected chi connectivity index (χ1v) is 10.1. The van der Waals surface area contributed by atoms with E-state index in [1.807, 2.05) is 6.07 Å². The molecule has 0 saturated heterocycles. The van der Waals surface area contributed by atoms with E-state index in [4.69, 9.17) is 0 Å². The molecule has 0 unspecified atom stereocenters. The maximum Gasteiger partial charge on any atom is 0.105 e. The first-order chi connectivity index (χ1) is 11.8. The molecule has 0 radical (unpaired) electrons. The lowest BCUT2D eigenvalue weighted by Crippen LogP contribution is -2.33. The van der Waals surface area contributed by atoms with Crippen LogP contribution in [0.5, 0.6) is 0 Å². The topological polar surface area (TPSA) is 15.3 Å². The minimum Gasteiger partial charge on any atom is -0.298 e. The van der Waals surface area contributed by atoms with Crippen LogP contribution >= 0.6 is 38.6 Å². The SMILES string of the molecule is Brc1cccc(N2NC(/C=C/c3cccs3)=C[C@H]2c2cccs2)c1. The lowest BCUT2D eigenvalue weighted by molar-refractivity contribution is 0.718. The van der Waals surface area contributed by atoms with Crippen molar-refractivity contribution in [3.05, 3.63) is 91.4 Å². The second-order valence-corrected chi connectivity index (χ2v) is 8.27. The van der Waals surface area contributed by atoms with E-state index in [1.165, 1.54) is 9.75 Å². The third kappa shape index (κ3) is 3.34. The second-order valence-electron chi connectivity index (χ2n) is 5.39. The molecule has 3 heterocycles. The van der Waals surface area contributed by atoms with Crippen molar-refractivity contribution in [2.75, 3.05) is 5.01 Å². The Morgan fingerprint density at radius 1 is 1.00 bits per heavy atom. The number of hydrogen-bond donors (Lipinski definition) is 1. The number of hydrazine groups is 1. The Morgan fingerprint density at radius 2 is 1.88 bits per heavy atom. The summed E-state index contributed by atoms with van der Waals surface area (Å²) in [7, 11) is 0. The predicted molar refractivity (Wildman–Crippen MR) is 108 cm³/mol. The molecular weight excluding hydrogens is 400 g/mol. The molecule has 4 rings (SSSR count). The summed E-state index contributed by atoms with van der Waals surface area (Å²) >= 11 is 7.09. The van der Waals surface area contributed by atoms with Crippen molar-refractivity contribution in [2.24, 2.45) is 0 Å². The second kappa shape index (κ2) is 6.97. The number of allylic oxidation sites excluding steroid dienone is 1. The standard InChI is InChI=1S/C19H15BrN2S2/c20-14-4-1-5-16(12-14)22-18(19-7-3-11-24-19)13-15(21-22)8-9-17-6-2-10-23-17/h1-13,18,21H/b9-8+/t18-/m0/s1. The van der Waals surface area contributed by atoms with Crippen LogP contribution in [0, 0.1) is 0 Å². The van der Waals surface area contributed by atoms with Gasteiger partial charge in [0.2, 0.25) is 0 Å². The molecule has 0 aliphatic carbocycles. The Bertz CT molecular complexity index is 867. The molecular formula is C19H15BrN2S2. The van der Waals surface area contributed by atoms with Crippen molar-refractivity contribution >= 4 is 50.4 Å². The van der Waals surface area contributed by atoms with Crippen molar-refractivity contribution in [1.82, 2.24) is 5.43 Å². The lowest BCUT2D eigenvalue weighted by atomic mass is 10.2. The summed E-state index contributed by atoms with van der Waals surface area (Å²) in [5, 5.41) is 6.44. The summed E-state index contributed by atoms with van der Waals surface area (Å²) in [6.07, 6.45) is 6.57. The van der Waals surface area contributed by atoms with E-state index in [9.17, 15) is 0 Å². The molecule has 1 aromatic carbocycles. The molecule has 1 aliphatic rings.